The van der Waals surface area contributed by atoms with E-state index in [2.05, 4.69) is 184 Å². The maximum atomic E-state index is 10.1. The Morgan fingerprint density at radius 3 is 2.00 bits per heavy atom. The van der Waals surface area contributed by atoms with Crippen LogP contribution in [-0.2, 0) is 10.1 Å². The van der Waals surface area contributed by atoms with Crippen molar-refractivity contribution in [2.45, 2.75) is 31.8 Å². The largest absolute Gasteiger partial charge is 0.510 e. The summed E-state index contributed by atoms with van der Waals surface area (Å²) in [5.41, 5.74) is 13.5. The molecule has 1 aliphatic carbocycles. The summed E-state index contributed by atoms with van der Waals surface area (Å²) in [6, 6.07) is 57.1. The van der Waals surface area contributed by atoms with Crippen molar-refractivity contribution in [3.8, 4) is 22.3 Å². The molecule has 1 N–H and O–H groups in total. The lowest BCUT2D eigenvalue weighted by molar-refractivity contribution is 0.105. The molecule has 7 aromatic rings. The Bertz CT molecular complexity index is 2580. The fourth-order valence-electron chi connectivity index (χ4n) is 7.80. The number of aliphatic hydroxyl groups excluding tert-OH is 1. The average Bonchev–Trinajstić information content (AvgIpc) is 3.49. The van der Waals surface area contributed by atoms with Gasteiger partial charge in [0.05, 0.1) is 5.41 Å². The van der Waals surface area contributed by atoms with Crippen molar-refractivity contribution in [3.05, 3.63) is 222 Å². The molecule has 0 bridgehead atoms. The van der Waals surface area contributed by atoms with Gasteiger partial charge in [-0.05, 0) is 123 Å². The van der Waals surface area contributed by atoms with Crippen LogP contribution in [0.2, 0.25) is 0 Å². The van der Waals surface area contributed by atoms with Crippen LogP contribution in [-0.4, -0.2) is 18.2 Å². The van der Waals surface area contributed by atoms with Crippen molar-refractivity contribution >= 4 is 35.4 Å². The van der Waals surface area contributed by atoms with Crippen molar-refractivity contribution in [1.29, 1.82) is 0 Å². The van der Waals surface area contributed by atoms with Crippen molar-refractivity contribution in [2.24, 2.45) is 0 Å². The Morgan fingerprint density at radius 2 is 1.28 bits per heavy atom. The Hall–Kier alpha value is -6.16. The number of aliphatic hydroxyl groups is 1. The topological polar surface area (TPSA) is 29.5 Å². The Labute approximate surface area is 319 Å². The van der Waals surface area contributed by atoms with E-state index in [4.69, 9.17) is 4.65 Å². The number of allylic oxidation sites excluding steroid dienone is 2. The lowest BCUT2D eigenvalue weighted by atomic mass is 9.66. The minimum atomic E-state index is -0.905. The van der Waals surface area contributed by atoms with Gasteiger partial charge in [0.2, 0.25) is 0 Å². The van der Waals surface area contributed by atoms with Gasteiger partial charge < -0.3 is 9.76 Å². The first kappa shape index (κ1) is 34.9. The van der Waals surface area contributed by atoms with Crippen LogP contribution in [0, 0.1) is 6.92 Å². The van der Waals surface area contributed by atoms with Gasteiger partial charge in [0, 0.05) is 0 Å². The predicted octanol–water partition coefficient (Wildman–Crippen LogP) is 12.0. The molecular weight excluding hydrogens is 655 g/mol. The number of fused-ring (bicyclic) bond motifs is 4. The summed E-state index contributed by atoms with van der Waals surface area (Å²) in [4.78, 5) is 0. The molecule has 54 heavy (non-hydrogen) atoms. The minimum absolute atomic E-state index is 0.0223. The second-order valence-corrected chi connectivity index (χ2v) is 14.7. The summed E-state index contributed by atoms with van der Waals surface area (Å²) >= 11 is 0. The predicted molar refractivity (Wildman–Crippen MR) is 228 cm³/mol. The summed E-state index contributed by atoms with van der Waals surface area (Å²) in [5, 5.41) is 12.5. The first-order valence-corrected chi connectivity index (χ1v) is 18.4. The molecule has 0 heterocycles. The molecule has 1 aliphatic rings. The average molecular weight is 698 g/mol. The Balaban J connectivity index is 1.36. The molecule has 1 unspecified atom stereocenters. The van der Waals surface area contributed by atoms with E-state index in [0.717, 1.165) is 22.2 Å². The lowest BCUT2D eigenvalue weighted by Gasteiger charge is -2.34. The van der Waals surface area contributed by atoms with Crippen LogP contribution in [0.15, 0.2) is 183 Å². The first-order valence-electron chi connectivity index (χ1n) is 18.4. The summed E-state index contributed by atoms with van der Waals surface area (Å²) in [6.45, 7) is 13.7. The molecule has 0 amide bonds. The quantitative estimate of drug-likeness (QED) is 0.0667. The molecule has 0 aliphatic heterocycles. The standard InChI is InChI=1S/C51H42BO2/c1-6-36(30-38-16-11-10-14-34(38)2)41-22-28-46-47-29-23-42(40-21-20-37-15-12-13-17-39(37)31-40)33-49(47)51(48(46)32-41,43-18-8-7-9-19-43)44-24-26-45(27-25-44)52-54-50(4,5)35(3)53/h6-33,53H,1,3H2,2,4-5H3/b36-30+. The highest BCUT2D eigenvalue weighted by atomic mass is 16.5. The smallest absolute Gasteiger partial charge is 0.331 e. The van der Waals surface area contributed by atoms with Crippen LogP contribution in [0.25, 0.3) is 44.7 Å². The Morgan fingerprint density at radius 1 is 0.667 bits per heavy atom. The second-order valence-electron chi connectivity index (χ2n) is 14.7. The van der Waals surface area contributed by atoms with Gasteiger partial charge in [-0.15, -0.1) is 0 Å². The molecule has 0 saturated carbocycles. The summed E-state index contributed by atoms with van der Waals surface area (Å²) in [6.07, 6.45) is 4.20. The van der Waals surface area contributed by atoms with E-state index in [1.165, 1.54) is 60.8 Å². The maximum absolute atomic E-state index is 10.1. The van der Waals surface area contributed by atoms with Gasteiger partial charge in [-0.1, -0.05) is 164 Å². The number of benzene rings is 7. The van der Waals surface area contributed by atoms with Gasteiger partial charge in [0.15, 0.2) is 0 Å². The molecule has 2 nitrogen and oxygen atoms in total. The van der Waals surface area contributed by atoms with Crippen molar-refractivity contribution in [1.82, 2.24) is 0 Å². The van der Waals surface area contributed by atoms with Crippen LogP contribution >= 0.6 is 0 Å². The van der Waals surface area contributed by atoms with E-state index in [0.29, 0.717) is 0 Å². The molecule has 0 fully saturated rings. The molecule has 0 aromatic heterocycles. The zero-order chi connectivity index (χ0) is 37.5. The number of rotatable bonds is 10. The van der Waals surface area contributed by atoms with E-state index in [1.54, 1.807) is 21.3 Å². The van der Waals surface area contributed by atoms with Gasteiger partial charge in [-0.3, -0.25) is 0 Å². The zero-order valence-corrected chi connectivity index (χ0v) is 31.0. The zero-order valence-electron chi connectivity index (χ0n) is 31.0. The highest BCUT2D eigenvalue weighted by molar-refractivity contribution is 6.47. The van der Waals surface area contributed by atoms with Gasteiger partial charge in [0.1, 0.15) is 11.4 Å². The molecule has 7 aromatic carbocycles. The number of hydrogen-bond acceptors (Lipinski definition) is 2. The maximum Gasteiger partial charge on any atom is 0.331 e. The van der Waals surface area contributed by atoms with Crippen LogP contribution in [0.5, 0.6) is 0 Å². The summed E-state index contributed by atoms with van der Waals surface area (Å²) in [7, 11) is 1.69. The molecular formula is C51H42BO2. The Kier molecular flexibility index (Phi) is 9.05. The van der Waals surface area contributed by atoms with Crippen LogP contribution in [0.1, 0.15) is 52.8 Å². The van der Waals surface area contributed by atoms with Gasteiger partial charge in [-0.25, -0.2) is 0 Å². The monoisotopic (exact) mass is 697 g/mol. The fraction of sp³-hybridized carbons (Fsp3) is 0.0980. The first-order chi connectivity index (χ1) is 26.2. The molecule has 1 radical (unpaired) electrons. The van der Waals surface area contributed by atoms with E-state index < -0.39 is 11.0 Å². The lowest BCUT2D eigenvalue weighted by Crippen LogP contribution is -2.33. The third kappa shape index (κ3) is 6.11. The van der Waals surface area contributed by atoms with E-state index >= 15 is 0 Å². The van der Waals surface area contributed by atoms with E-state index in [1.807, 2.05) is 6.08 Å². The molecule has 3 heteroatoms. The van der Waals surface area contributed by atoms with E-state index in [9.17, 15) is 5.11 Å². The summed E-state index contributed by atoms with van der Waals surface area (Å²) in [5.74, 6) is -0.0223. The fourth-order valence-corrected chi connectivity index (χ4v) is 7.80. The molecule has 8 rings (SSSR count). The molecule has 0 spiro atoms. The van der Waals surface area contributed by atoms with Gasteiger partial charge >= 0.3 is 7.48 Å². The molecule has 1 atom stereocenters. The molecule has 261 valence electrons. The second kappa shape index (κ2) is 14.0. The van der Waals surface area contributed by atoms with E-state index in [-0.39, 0.29) is 5.76 Å². The van der Waals surface area contributed by atoms with Crippen LogP contribution < -0.4 is 5.46 Å². The van der Waals surface area contributed by atoms with Gasteiger partial charge in [-0.2, -0.15) is 0 Å². The third-order valence-electron chi connectivity index (χ3n) is 11.0. The van der Waals surface area contributed by atoms with Gasteiger partial charge in [0.25, 0.3) is 0 Å². The number of hydrogen-bond donors (Lipinski definition) is 1. The molecule has 0 saturated heterocycles. The van der Waals surface area contributed by atoms with Crippen LogP contribution in [0.4, 0.5) is 0 Å². The third-order valence-corrected chi connectivity index (χ3v) is 11.0. The summed E-state index contributed by atoms with van der Waals surface area (Å²) < 4.78 is 5.98. The highest BCUT2D eigenvalue weighted by Gasteiger charge is 2.46. The van der Waals surface area contributed by atoms with Crippen LogP contribution in [0.3, 0.4) is 0 Å². The minimum Gasteiger partial charge on any atom is -0.510 e. The highest BCUT2D eigenvalue weighted by Crippen LogP contribution is 2.57. The van der Waals surface area contributed by atoms with Crippen molar-refractivity contribution < 1.29 is 9.76 Å². The SMILES string of the molecule is C=C/C(=C\c1ccccc1C)c1ccc2c(c1)C(c1ccccc1)(c1ccc([B]OC(C)(C)C(=C)O)cc1)c1cc(-c3ccc4ccccc4c3)ccc1-2. The normalized spacial score (nSPS) is 15.1. The van der Waals surface area contributed by atoms with Crippen molar-refractivity contribution in [2.75, 3.05) is 0 Å². The number of aryl methyl sites for hydroxylation is 1. The van der Waals surface area contributed by atoms with Crippen molar-refractivity contribution in [3.63, 3.8) is 0 Å².